The van der Waals surface area contributed by atoms with E-state index >= 15 is 0 Å². The van der Waals surface area contributed by atoms with Crippen LogP contribution in [0, 0.1) is 21.4 Å². The Bertz CT molecular complexity index is 1640. The number of aromatic nitrogens is 1. The van der Waals surface area contributed by atoms with E-state index in [-0.39, 0.29) is 54.0 Å². The highest BCUT2D eigenvalue weighted by atomic mass is 32.1. The first-order valence-corrected chi connectivity index (χ1v) is 17.8. The Morgan fingerprint density at radius 3 is 2.15 bits per heavy atom. The maximum Gasteiger partial charge on any atom is 0.325 e. The van der Waals surface area contributed by atoms with Gasteiger partial charge in [-0.05, 0) is 47.3 Å². The molecule has 12 heteroatoms. The summed E-state index contributed by atoms with van der Waals surface area (Å²) in [5, 5.41) is 15.6. The summed E-state index contributed by atoms with van der Waals surface area (Å²) in [6.07, 6.45) is -0.228. The second kappa shape index (κ2) is 14.6. The lowest BCUT2D eigenvalue weighted by atomic mass is 9.74. The Morgan fingerprint density at radius 2 is 1.62 bits per heavy atom. The van der Waals surface area contributed by atoms with Gasteiger partial charge in [0.25, 0.3) is 20.6 Å². The maximum atomic E-state index is 13.6. The summed E-state index contributed by atoms with van der Waals surface area (Å²) < 4.78 is 12.4. The van der Waals surface area contributed by atoms with Crippen LogP contribution < -0.4 is 15.3 Å². The summed E-state index contributed by atoms with van der Waals surface area (Å²) >= 11 is 1.39. The van der Waals surface area contributed by atoms with E-state index < -0.39 is 19.9 Å². The van der Waals surface area contributed by atoms with Gasteiger partial charge >= 0.3 is 5.97 Å². The maximum absolute atomic E-state index is 13.6. The molecule has 2 atom stereocenters. The standard InChI is InChI=1S/C35H39N4O6SSi/c1-24(2)37(21-31(40)44-22-25-16-18-26(19-17-25)39(42)43)32(41)30-23-46-34(36-30)38-20-29(35(3,4)5)33(38)45-47(27-12-8-6-9-13-27)28-14-10-7-11-15-28/h6-19,23-24,29,33H,20-22H2,1-5H3. The molecule has 47 heavy (non-hydrogen) atoms. The molecule has 1 aromatic heterocycles. The number of nitro groups is 1. The third kappa shape index (κ3) is 8.13. The highest BCUT2D eigenvalue weighted by Gasteiger charge is 2.49. The SMILES string of the molecule is CC(C)N(CC(=O)OCc1ccc([N+](=O)[O-])cc1)C(=O)c1csc(N2CC(C(C)(C)C)C2O[Si](c2ccccc2)c2ccccc2)n1. The van der Waals surface area contributed by atoms with E-state index in [0.29, 0.717) is 10.7 Å². The van der Waals surface area contributed by atoms with Crippen molar-refractivity contribution in [3.63, 3.8) is 0 Å². The van der Waals surface area contributed by atoms with E-state index in [9.17, 15) is 19.7 Å². The van der Waals surface area contributed by atoms with Crippen LogP contribution in [0.1, 0.15) is 50.7 Å². The molecule has 1 aliphatic rings. The van der Waals surface area contributed by atoms with E-state index in [1.807, 2.05) is 50.2 Å². The Morgan fingerprint density at radius 1 is 1.02 bits per heavy atom. The highest BCUT2D eigenvalue weighted by Crippen LogP contribution is 2.43. The molecule has 2 heterocycles. The zero-order chi connectivity index (χ0) is 33.7. The molecule has 10 nitrogen and oxygen atoms in total. The summed E-state index contributed by atoms with van der Waals surface area (Å²) in [5.41, 5.74) is 0.815. The van der Waals surface area contributed by atoms with Crippen LogP contribution in [0.2, 0.25) is 0 Å². The van der Waals surface area contributed by atoms with Gasteiger partial charge in [-0.25, -0.2) is 4.98 Å². The molecule has 4 aromatic rings. The molecule has 0 spiro atoms. The molecule has 0 saturated carbocycles. The van der Waals surface area contributed by atoms with Gasteiger partial charge in [-0.3, -0.25) is 19.7 Å². The third-order valence-electron chi connectivity index (χ3n) is 8.16. The van der Waals surface area contributed by atoms with Crippen LogP contribution in [0.3, 0.4) is 0 Å². The molecular weight excluding hydrogens is 633 g/mol. The van der Waals surface area contributed by atoms with Crippen LogP contribution in [-0.2, 0) is 20.6 Å². The first kappa shape index (κ1) is 34.0. The van der Waals surface area contributed by atoms with Gasteiger partial charge in [0.2, 0.25) is 0 Å². The Hall–Kier alpha value is -4.39. The van der Waals surface area contributed by atoms with E-state index in [1.165, 1.54) is 40.5 Å². The van der Waals surface area contributed by atoms with Crippen molar-refractivity contribution in [1.82, 2.24) is 9.88 Å². The number of nitrogens with zero attached hydrogens (tertiary/aromatic N) is 4. The van der Waals surface area contributed by atoms with E-state index in [2.05, 4.69) is 49.9 Å². The number of non-ortho nitro benzene ring substituents is 1. The molecule has 0 bridgehead atoms. The number of nitro benzene ring substituents is 1. The lowest BCUT2D eigenvalue weighted by molar-refractivity contribution is -0.384. The fourth-order valence-electron chi connectivity index (χ4n) is 5.31. The number of anilines is 1. The summed E-state index contributed by atoms with van der Waals surface area (Å²) in [7, 11) is -1.59. The number of carbonyl (C=O) groups excluding carboxylic acids is 2. The summed E-state index contributed by atoms with van der Waals surface area (Å²) in [5.74, 6) is -0.698. The first-order valence-electron chi connectivity index (χ1n) is 15.5. The van der Waals surface area contributed by atoms with Crippen LogP contribution in [0.25, 0.3) is 0 Å². The van der Waals surface area contributed by atoms with Crippen molar-refractivity contribution in [3.8, 4) is 0 Å². The molecule has 3 aromatic carbocycles. The molecule has 245 valence electrons. The molecule has 1 saturated heterocycles. The van der Waals surface area contributed by atoms with Crippen LogP contribution in [0.4, 0.5) is 10.8 Å². The predicted molar refractivity (Wildman–Crippen MR) is 184 cm³/mol. The lowest BCUT2D eigenvalue weighted by Crippen LogP contribution is -2.65. The molecule has 0 aliphatic carbocycles. The number of ether oxygens (including phenoxy) is 1. The van der Waals surface area contributed by atoms with Gasteiger partial charge < -0.3 is 19.0 Å². The number of esters is 1. The van der Waals surface area contributed by atoms with E-state index in [1.54, 1.807) is 5.38 Å². The van der Waals surface area contributed by atoms with Gasteiger partial charge in [-0.15, -0.1) is 11.3 Å². The van der Waals surface area contributed by atoms with Gasteiger partial charge in [0.05, 0.1) is 4.92 Å². The van der Waals surface area contributed by atoms with Gasteiger partial charge in [-0.1, -0.05) is 81.4 Å². The van der Waals surface area contributed by atoms with Gasteiger partial charge in [0, 0.05) is 36.0 Å². The highest BCUT2D eigenvalue weighted by molar-refractivity contribution is 7.14. The van der Waals surface area contributed by atoms with E-state index in [4.69, 9.17) is 14.1 Å². The summed E-state index contributed by atoms with van der Waals surface area (Å²) in [6, 6.07) is 26.1. The lowest BCUT2D eigenvalue weighted by Gasteiger charge is -2.53. The van der Waals surface area contributed by atoms with Crippen LogP contribution in [0.15, 0.2) is 90.3 Å². The minimum Gasteiger partial charge on any atom is -0.459 e. The third-order valence-corrected chi connectivity index (χ3v) is 11.2. The van der Waals surface area contributed by atoms with Crippen LogP contribution in [-0.4, -0.2) is 61.1 Å². The van der Waals surface area contributed by atoms with Gasteiger partial charge in [0.1, 0.15) is 25.1 Å². The molecule has 1 radical (unpaired) electrons. The number of benzene rings is 3. The minimum absolute atomic E-state index is 0.0132. The summed E-state index contributed by atoms with van der Waals surface area (Å²) in [6.45, 7) is 10.8. The van der Waals surface area contributed by atoms with Crippen LogP contribution >= 0.6 is 11.3 Å². The number of rotatable bonds is 12. The molecule has 2 unspecified atom stereocenters. The number of hydrogen-bond donors (Lipinski definition) is 0. The number of amides is 1. The largest absolute Gasteiger partial charge is 0.459 e. The molecule has 1 aliphatic heterocycles. The Labute approximate surface area is 280 Å². The van der Waals surface area contributed by atoms with Crippen molar-refractivity contribution in [2.24, 2.45) is 11.3 Å². The fraction of sp³-hybridized carbons (Fsp3) is 0.343. The second-order valence-corrected chi connectivity index (χ2v) is 15.7. The zero-order valence-electron chi connectivity index (χ0n) is 27.2. The Kier molecular flexibility index (Phi) is 10.5. The molecule has 0 N–H and O–H groups in total. The van der Waals surface area contributed by atoms with Crippen molar-refractivity contribution in [1.29, 1.82) is 0 Å². The predicted octanol–water partition coefficient (Wildman–Crippen LogP) is 5.28. The fourth-order valence-corrected chi connectivity index (χ4v) is 8.28. The van der Waals surface area contributed by atoms with Gasteiger partial charge in [0.15, 0.2) is 5.13 Å². The average Bonchev–Trinajstić information content (AvgIpc) is 3.52. The quantitative estimate of drug-likeness (QED) is 0.0866. The molecular formula is C35H39N4O6SSi. The van der Waals surface area contributed by atoms with Crippen molar-refractivity contribution >= 4 is 53.4 Å². The monoisotopic (exact) mass is 671 g/mol. The molecule has 5 rings (SSSR count). The Balaban J connectivity index is 1.30. The number of hydrogen-bond acceptors (Lipinski definition) is 9. The number of carbonyl (C=O) groups is 2. The van der Waals surface area contributed by atoms with Crippen molar-refractivity contribution in [3.05, 3.63) is 112 Å². The molecule has 1 amide bonds. The van der Waals surface area contributed by atoms with Gasteiger partial charge in [-0.2, -0.15) is 0 Å². The first-order chi connectivity index (χ1) is 22.4. The second-order valence-electron chi connectivity index (χ2n) is 12.8. The average molecular weight is 672 g/mol. The number of thiazole rings is 1. The van der Waals surface area contributed by atoms with Crippen molar-refractivity contribution in [2.45, 2.75) is 53.5 Å². The van der Waals surface area contributed by atoms with Crippen LogP contribution in [0.5, 0.6) is 0 Å². The molecule has 1 fully saturated rings. The summed E-state index contributed by atoms with van der Waals surface area (Å²) in [4.78, 5) is 45.1. The van der Waals surface area contributed by atoms with Crippen molar-refractivity contribution < 1.29 is 23.7 Å². The van der Waals surface area contributed by atoms with Crippen molar-refractivity contribution in [2.75, 3.05) is 18.0 Å². The zero-order valence-corrected chi connectivity index (χ0v) is 29.0. The minimum atomic E-state index is -1.59. The smallest absolute Gasteiger partial charge is 0.325 e. The normalized spacial score (nSPS) is 16.2. The topological polar surface area (TPSA) is 115 Å². The van der Waals surface area contributed by atoms with E-state index in [0.717, 1.165) is 16.9 Å².